The summed E-state index contributed by atoms with van der Waals surface area (Å²) in [5.74, 6) is 0.272. The topological polar surface area (TPSA) is 26.0 Å². The Morgan fingerprint density at radius 1 is 1.28 bits per heavy atom. The Hall–Kier alpha value is -1.07. The fraction of sp³-hybridized carbons (Fsp3) is 0.385. The molecule has 0 aliphatic rings. The molecule has 0 amide bonds. The first-order valence-corrected chi connectivity index (χ1v) is 6.54. The zero-order chi connectivity index (χ0) is 13.3. The largest absolute Gasteiger partial charge is 0.425 e. The van der Waals surface area contributed by atoms with Crippen LogP contribution in [-0.4, -0.2) is 6.54 Å². The maximum absolute atomic E-state index is 12.6. The van der Waals surface area contributed by atoms with Crippen molar-refractivity contribution in [3.8, 4) is 0 Å². The second-order valence-electron chi connectivity index (χ2n) is 4.38. The highest BCUT2D eigenvalue weighted by Crippen LogP contribution is 2.38. The molecule has 0 aliphatic heterocycles. The Labute approximate surface area is 107 Å². The lowest BCUT2D eigenvalue weighted by Gasteiger charge is -2.10. The molecule has 1 nitrogen and oxygen atoms in total. The zero-order valence-corrected chi connectivity index (χ0v) is 10.7. The van der Waals surface area contributed by atoms with Crippen molar-refractivity contribution in [2.75, 3.05) is 6.54 Å². The molecule has 2 N–H and O–H groups in total. The molecule has 0 saturated heterocycles. The molecule has 0 fully saturated rings. The van der Waals surface area contributed by atoms with E-state index in [-0.39, 0.29) is 5.92 Å². The molecule has 98 valence electrons. The van der Waals surface area contributed by atoms with Crippen molar-refractivity contribution in [3.63, 3.8) is 0 Å². The molecule has 5 heteroatoms. The Morgan fingerprint density at radius 2 is 2.00 bits per heavy atom. The van der Waals surface area contributed by atoms with Crippen molar-refractivity contribution in [1.29, 1.82) is 0 Å². The molecule has 18 heavy (non-hydrogen) atoms. The summed E-state index contributed by atoms with van der Waals surface area (Å²) in [6, 6.07) is 6.71. The van der Waals surface area contributed by atoms with Gasteiger partial charge in [-0.15, -0.1) is 11.3 Å². The van der Waals surface area contributed by atoms with Gasteiger partial charge in [0.05, 0.1) is 0 Å². The van der Waals surface area contributed by atoms with E-state index in [4.69, 9.17) is 5.73 Å². The first kappa shape index (κ1) is 13.4. The minimum Gasteiger partial charge on any atom is -0.330 e. The van der Waals surface area contributed by atoms with Crippen LogP contribution in [0.2, 0.25) is 0 Å². The fourth-order valence-electron chi connectivity index (χ4n) is 1.92. The van der Waals surface area contributed by atoms with Crippen LogP contribution in [0.25, 0.3) is 10.1 Å². The summed E-state index contributed by atoms with van der Waals surface area (Å²) in [5.41, 5.74) is 6.54. The van der Waals surface area contributed by atoms with E-state index in [0.717, 1.165) is 23.3 Å². The Balaban J connectivity index is 2.40. The minimum atomic E-state index is -4.26. The normalized spacial score (nSPS) is 14.1. The van der Waals surface area contributed by atoms with Crippen LogP contribution in [-0.2, 0) is 6.18 Å². The lowest BCUT2D eigenvalue weighted by molar-refractivity contribution is -0.134. The average molecular weight is 273 g/mol. The number of benzene rings is 1. The highest BCUT2D eigenvalue weighted by atomic mass is 32.1. The summed E-state index contributed by atoms with van der Waals surface area (Å²) in [6.45, 7) is 2.61. The molecular formula is C13H14F3NS. The van der Waals surface area contributed by atoms with Gasteiger partial charge in [-0.2, -0.15) is 13.2 Å². The van der Waals surface area contributed by atoms with Crippen molar-refractivity contribution in [2.24, 2.45) is 5.73 Å². The summed E-state index contributed by atoms with van der Waals surface area (Å²) in [5, 5.41) is 0.661. The molecule has 1 atom stereocenters. The molecule has 1 aromatic heterocycles. The summed E-state index contributed by atoms with van der Waals surface area (Å²) in [6.07, 6.45) is -3.42. The molecule has 1 aromatic carbocycles. The van der Waals surface area contributed by atoms with Crippen molar-refractivity contribution in [2.45, 2.75) is 25.4 Å². The third kappa shape index (κ3) is 2.67. The summed E-state index contributed by atoms with van der Waals surface area (Å²) in [7, 11) is 0. The van der Waals surface area contributed by atoms with Gasteiger partial charge in [0.2, 0.25) is 0 Å². The van der Waals surface area contributed by atoms with E-state index in [1.807, 2.05) is 19.1 Å². The number of rotatable bonds is 3. The molecule has 0 spiro atoms. The lowest BCUT2D eigenvalue weighted by atomic mass is 9.97. The lowest BCUT2D eigenvalue weighted by Crippen LogP contribution is -2.04. The first-order valence-electron chi connectivity index (χ1n) is 5.72. The van der Waals surface area contributed by atoms with E-state index in [1.165, 1.54) is 6.07 Å². The van der Waals surface area contributed by atoms with Gasteiger partial charge in [-0.3, -0.25) is 0 Å². The number of thiophene rings is 1. The highest BCUT2D eigenvalue weighted by molar-refractivity contribution is 7.19. The third-order valence-electron chi connectivity index (χ3n) is 2.99. The molecule has 0 radical (unpaired) electrons. The van der Waals surface area contributed by atoms with Crippen LogP contribution in [0.5, 0.6) is 0 Å². The molecule has 0 bridgehead atoms. The molecular weight excluding hydrogens is 259 g/mol. The molecule has 1 unspecified atom stereocenters. The van der Waals surface area contributed by atoms with Gasteiger partial charge < -0.3 is 5.73 Å². The van der Waals surface area contributed by atoms with Gasteiger partial charge in [-0.05, 0) is 42.0 Å². The van der Waals surface area contributed by atoms with Gasteiger partial charge in [0.15, 0.2) is 0 Å². The number of hydrogen-bond donors (Lipinski definition) is 1. The Kier molecular flexibility index (Phi) is 3.64. The summed E-state index contributed by atoms with van der Waals surface area (Å²) in [4.78, 5) is -0.541. The molecule has 1 heterocycles. The van der Waals surface area contributed by atoms with Gasteiger partial charge in [0.1, 0.15) is 4.88 Å². The van der Waals surface area contributed by atoms with E-state index in [2.05, 4.69) is 0 Å². The number of halogens is 3. The predicted octanol–water partition coefficient (Wildman–Crippen LogP) is 4.37. The first-order chi connectivity index (χ1) is 8.41. The Morgan fingerprint density at radius 3 is 2.61 bits per heavy atom. The van der Waals surface area contributed by atoms with Crippen molar-refractivity contribution < 1.29 is 13.2 Å². The van der Waals surface area contributed by atoms with E-state index in [1.54, 1.807) is 6.07 Å². The van der Waals surface area contributed by atoms with E-state index in [9.17, 15) is 13.2 Å². The van der Waals surface area contributed by atoms with Crippen LogP contribution >= 0.6 is 11.3 Å². The zero-order valence-electron chi connectivity index (χ0n) is 9.92. The fourth-order valence-corrected chi connectivity index (χ4v) is 2.84. The Bertz CT molecular complexity index is 545. The van der Waals surface area contributed by atoms with Crippen molar-refractivity contribution in [1.82, 2.24) is 0 Å². The highest BCUT2D eigenvalue weighted by Gasteiger charge is 2.32. The number of hydrogen-bond acceptors (Lipinski definition) is 2. The van der Waals surface area contributed by atoms with Gasteiger partial charge in [0, 0.05) is 4.70 Å². The number of alkyl halides is 3. The number of nitrogens with two attached hydrogens (primary N) is 1. The van der Waals surface area contributed by atoms with Crippen LogP contribution < -0.4 is 5.73 Å². The van der Waals surface area contributed by atoms with Gasteiger partial charge in [0.25, 0.3) is 0 Å². The van der Waals surface area contributed by atoms with E-state index < -0.39 is 11.1 Å². The standard InChI is InChI=1S/C13H14F3NS/c1-8(4-5-17)9-2-3-11-10(6-9)7-12(18-11)13(14,15)16/h2-3,6-8H,4-5,17H2,1H3. The second kappa shape index (κ2) is 4.90. The van der Waals surface area contributed by atoms with E-state index >= 15 is 0 Å². The van der Waals surface area contributed by atoms with E-state index in [0.29, 0.717) is 16.6 Å². The van der Waals surface area contributed by atoms with Crippen LogP contribution in [0.15, 0.2) is 24.3 Å². The second-order valence-corrected chi connectivity index (χ2v) is 5.47. The summed E-state index contributed by atoms with van der Waals surface area (Å²) >= 11 is 0.788. The maximum atomic E-state index is 12.6. The van der Waals surface area contributed by atoms with Crippen LogP contribution in [0.1, 0.15) is 29.7 Å². The minimum absolute atomic E-state index is 0.272. The quantitative estimate of drug-likeness (QED) is 0.882. The SMILES string of the molecule is CC(CCN)c1ccc2sc(C(F)(F)F)cc2c1. The van der Waals surface area contributed by atoms with Crippen LogP contribution in [0.4, 0.5) is 13.2 Å². The van der Waals surface area contributed by atoms with Crippen LogP contribution in [0, 0.1) is 0 Å². The molecule has 2 rings (SSSR count). The van der Waals surface area contributed by atoms with Crippen molar-refractivity contribution in [3.05, 3.63) is 34.7 Å². The maximum Gasteiger partial charge on any atom is 0.425 e. The monoisotopic (exact) mass is 273 g/mol. The molecule has 0 saturated carbocycles. The third-order valence-corrected chi connectivity index (χ3v) is 4.15. The van der Waals surface area contributed by atoms with Gasteiger partial charge >= 0.3 is 6.18 Å². The number of fused-ring (bicyclic) bond motifs is 1. The molecule has 2 aromatic rings. The van der Waals surface area contributed by atoms with Crippen LogP contribution in [0.3, 0.4) is 0 Å². The van der Waals surface area contributed by atoms with Crippen molar-refractivity contribution >= 4 is 21.4 Å². The van der Waals surface area contributed by atoms with Gasteiger partial charge in [-0.25, -0.2) is 0 Å². The predicted molar refractivity (Wildman–Crippen MR) is 68.9 cm³/mol. The average Bonchev–Trinajstić information content (AvgIpc) is 2.71. The summed E-state index contributed by atoms with van der Waals surface area (Å²) < 4.78 is 38.5. The smallest absolute Gasteiger partial charge is 0.330 e. The van der Waals surface area contributed by atoms with Gasteiger partial charge in [-0.1, -0.05) is 19.1 Å². The molecule has 0 aliphatic carbocycles.